The molecule has 0 aromatic rings. The Hall–Kier alpha value is 10.9. The topological polar surface area (TPSA) is 80.3 Å². The van der Waals surface area contributed by atoms with Crippen LogP contribution in [0, 0.1) is 0 Å². The van der Waals surface area contributed by atoms with Gasteiger partial charge in [0, 0.05) is 10.4 Å². The van der Waals surface area contributed by atoms with Crippen molar-refractivity contribution in [1.29, 1.82) is 0 Å². The minimum Gasteiger partial charge on any atom is -0.759 e. The molecule has 0 aliphatic rings. The third-order valence-electron chi connectivity index (χ3n) is 0. The average molecular weight is 349 g/mol. The van der Waals surface area contributed by atoms with Gasteiger partial charge in [-0.05, 0) is 0 Å². The van der Waals surface area contributed by atoms with Crippen LogP contribution in [0.1, 0.15) is 0 Å². The van der Waals surface area contributed by atoms with Crippen LogP contribution in [0.5, 0.6) is 0 Å². The summed E-state index contributed by atoms with van der Waals surface area (Å²) in [6.07, 6.45) is 0. The predicted molar refractivity (Wildman–Crippen MR) is 10.5 cm³/mol. The first kappa shape index (κ1) is 81.3. The zero-order chi connectivity index (χ0) is 4.50. The molecule has 0 N–H and O–H groups in total. The van der Waals surface area contributed by atoms with Crippen LogP contribution in [-0.2, 0) is 10.4 Å². The number of hydrogen-bond donors (Lipinski definition) is 0. The Bertz CT molecular complexity index is 101. The van der Waals surface area contributed by atoms with Crippen molar-refractivity contribution in [1.82, 2.24) is 0 Å². The van der Waals surface area contributed by atoms with Gasteiger partial charge in [-0.15, -0.1) is 0 Å². The van der Waals surface area contributed by atoms with Crippen LogP contribution < -0.4 is 325 Å². The fourth-order valence-electron chi connectivity index (χ4n) is 0. The third-order valence-corrected chi connectivity index (χ3v) is 0. The van der Waals surface area contributed by atoms with Gasteiger partial charge in [-0.2, -0.15) is 0 Å². The third kappa shape index (κ3) is 120. The first-order valence-electron chi connectivity index (χ1n) is 0.667. The van der Waals surface area contributed by atoms with Gasteiger partial charge in [0.05, 0.1) is 0 Å². The van der Waals surface area contributed by atoms with Crippen molar-refractivity contribution in [2.75, 3.05) is 0 Å². The van der Waals surface area contributed by atoms with Gasteiger partial charge in [0.1, 0.15) is 0 Å². The molecule has 16 heavy (non-hydrogen) atoms. The maximum atomic E-state index is 8.52. The Labute approximate surface area is 342 Å². The molecular formula is Na11O4S+9. The Morgan fingerprint density at radius 1 is 0.438 bits per heavy atom. The number of hydrogen-bond acceptors (Lipinski definition) is 4. The van der Waals surface area contributed by atoms with Gasteiger partial charge in [-0.3, -0.25) is 8.42 Å². The fraction of sp³-hybridized carbons (Fsp3) is 0. The minimum absolute atomic E-state index is 0. The van der Waals surface area contributed by atoms with E-state index in [-0.39, 0.29) is 325 Å². The zero-order valence-corrected chi connectivity index (χ0v) is 35.9. The van der Waals surface area contributed by atoms with Gasteiger partial charge >= 0.3 is 325 Å². The standard InChI is InChI=1S/11Na.H2O4S/c;;;;;;;;;;;1-5(2,3)4/h;;;;;;;;;;;(H2,1,2,3,4)/q11*+1;/p-2. The molecule has 0 fully saturated rings. The second-order valence-corrected chi connectivity index (χ2v) is 1.22. The summed E-state index contributed by atoms with van der Waals surface area (Å²) in [7, 11) is -5.17. The van der Waals surface area contributed by atoms with Gasteiger partial charge < -0.3 is 9.11 Å². The maximum absolute atomic E-state index is 8.52. The van der Waals surface area contributed by atoms with E-state index >= 15 is 0 Å². The van der Waals surface area contributed by atoms with Crippen LogP contribution >= 0.6 is 0 Å². The van der Waals surface area contributed by atoms with Crippen molar-refractivity contribution in [2.24, 2.45) is 0 Å². The van der Waals surface area contributed by atoms with Crippen molar-refractivity contribution in [3.63, 3.8) is 0 Å². The summed E-state index contributed by atoms with van der Waals surface area (Å²) in [6, 6.07) is 0. The summed E-state index contributed by atoms with van der Waals surface area (Å²) in [6.45, 7) is 0. The van der Waals surface area contributed by atoms with Crippen LogP contribution in [0.15, 0.2) is 0 Å². The van der Waals surface area contributed by atoms with E-state index in [1.807, 2.05) is 0 Å². The van der Waals surface area contributed by atoms with Crippen LogP contribution in [0.25, 0.3) is 0 Å². The van der Waals surface area contributed by atoms with Gasteiger partial charge in [-0.1, -0.05) is 0 Å². The van der Waals surface area contributed by atoms with E-state index in [0.717, 1.165) is 0 Å². The Morgan fingerprint density at radius 3 is 0.438 bits per heavy atom. The largest absolute Gasteiger partial charge is 1.00 e. The predicted octanol–water partition coefficient (Wildman–Crippen LogP) is -34.3. The van der Waals surface area contributed by atoms with Gasteiger partial charge in [0.15, 0.2) is 0 Å². The van der Waals surface area contributed by atoms with E-state index in [0.29, 0.717) is 0 Å². The van der Waals surface area contributed by atoms with Crippen molar-refractivity contribution >= 4 is 10.4 Å². The fourth-order valence-corrected chi connectivity index (χ4v) is 0. The monoisotopic (exact) mass is 349 g/mol. The minimum atomic E-state index is -5.17. The van der Waals surface area contributed by atoms with Gasteiger partial charge in [0.2, 0.25) is 0 Å². The molecule has 0 aliphatic heterocycles. The molecule has 0 heterocycles. The normalized spacial score (nSPS) is 3.62. The maximum Gasteiger partial charge on any atom is 1.00 e. The Balaban J connectivity index is -0.00000000145. The second-order valence-electron chi connectivity index (χ2n) is 0.408. The summed E-state index contributed by atoms with van der Waals surface area (Å²) < 4.78 is 34.1. The first-order valence-corrected chi connectivity index (χ1v) is 2.00. The van der Waals surface area contributed by atoms with Crippen LogP contribution in [0.3, 0.4) is 0 Å². The molecule has 0 aromatic heterocycles. The molecule has 0 aromatic carbocycles. The molecule has 0 saturated carbocycles. The molecule has 0 spiro atoms. The van der Waals surface area contributed by atoms with Crippen molar-refractivity contribution < 1.29 is 343 Å². The Morgan fingerprint density at radius 2 is 0.438 bits per heavy atom. The number of rotatable bonds is 0. The summed E-state index contributed by atoms with van der Waals surface area (Å²) in [4.78, 5) is 0. The van der Waals surface area contributed by atoms with Crippen molar-refractivity contribution in [3.8, 4) is 0 Å². The molecule has 0 unspecified atom stereocenters. The molecule has 0 bridgehead atoms. The molecule has 0 amide bonds. The molecule has 4 nitrogen and oxygen atoms in total. The zero-order valence-electron chi connectivity index (χ0n) is 13.0. The van der Waals surface area contributed by atoms with Gasteiger partial charge in [0.25, 0.3) is 0 Å². The average Bonchev–Trinajstić information content (AvgIpc) is 0.722. The summed E-state index contributed by atoms with van der Waals surface area (Å²) in [5.41, 5.74) is 0. The smallest absolute Gasteiger partial charge is 0.759 e. The molecule has 16 heteroatoms. The second kappa shape index (κ2) is 56.2. The van der Waals surface area contributed by atoms with Gasteiger partial charge in [-0.25, -0.2) is 0 Å². The molecule has 0 aliphatic carbocycles. The first-order chi connectivity index (χ1) is 2.00. The molecule has 0 radical (unpaired) electrons. The molecule has 0 saturated heterocycles. The summed E-state index contributed by atoms with van der Waals surface area (Å²) in [5, 5.41) is 0. The molecular weight excluding hydrogens is 349 g/mol. The van der Waals surface area contributed by atoms with E-state index in [2.05, 4.69) is 0 Å². The van der Waals surface area contributed by atoms with E-state index in [9.17, 15) is 0 Å². The van der Waals surface area contributed by atoms with Crippen molar-refractivity contribution in [3.05, 3.63) is 0 Å². The summed E-state index contributed by atoms with van der Waals surface area (Å²) in [5.74, 6) is 0. The Kier molecular flexibility index (Phi) is 286. The van der Waals surface area contributed by atoms with E-state index < -0.39 is 10.4 Å². The van der Waals surface area contributed by atoms with E-state index in [4.69, 9.17) is 17.5 Å². The molecule has 0 atom stereocenters. The molecule has 32 valence electrons. The quantitative estimate of drug-likeness (QED) is 0.247. The van der Waals surface area contributed by atoms with Crippen LogP contribution in [0.4, 0.5) is 0 Å². The summed E-state index contributed by atoms with van der Waals surface area (Å²) >= 11 is 0. The van der Waals surface area contributed by atoms with E-state index in [1.54, 1.807) is 0 Å². The SMILES string of the molecule is O=S(=O)([O-])[O-].[Na+].[Na+].[Na+].[Na+].[Na+].[Na+].[Na+].[Na+].[Na+].[Na+].[Na+]. The van der Waals surface area contributed by atoms with Crippen LogP contribution in [-0.4, -0.2) is 17.5 Å². The van der Waals surface area contributed by atoms with Crippen molar-refractivity contribution in [2.45, 2.75) is 0 Å². The van der Waals surface area contributed by atoms with E-state index in [1.165, 1.54) is 0 Å². The van der Waals surface area contributed by atoms with Crippen LogP contribution in [0.2, 0.25) is 0 Å². The molecule has 0 rings (SSSR count).